The first-order chi connectivity index (χ1) is 20.0. The Kier molecular flexibility index (Phi) is 7.02. The summed E-state index contributed by atoms with van der Waals surface area (Å²) < 4.78 is 0. The number of likely N-dealkylation sites (N-methyl/N-ethyl adjacent to an activating group) is 1. The molecule has 43 heavy (non-hydrogen) atoms. The van der Waals surface area contributed by atoms with Gasteiger partial charge >= 0.3 is 0 Å². The number of hydrogen-bond donors (Lipinski definition) is 6. The second kappa shape index (κ2) is 10.1. The summed E-state index contributed by atoms with van der Waals surface area (Å²) in [5, 5.41) is 47.8. The molecule has 0 bridgehead atoms. The van der Waals surface area contributed by atoms with Gasteiger partial charge in [0.15, 0.2) is 11.4 Å². The molecule has 3 aliphatic carbocycles. The van der Waals surface area contributed by atoms with Crippen molar-refractivity contribution in [3.05, 3.63) is 70.2 Å². The summed E-state index contributed by atoms with van der Waals surface area (Å²) in [6, 6.07) is 9.02. The van der Waals surface area contributed by atoms with Crippen LogP contribution in [0.25, 0.3) is 11.1 Å². The molecule has 2 aromatic rings. The number of primary amides is 1. The highest BCUT2D eigenvalue weighted by Crippen LogP contribution is 2.53. The van der Waals surface area contributed by atoms with E-state index in [2.05, 4.69) is 5.32 Å². The van der Waals surface area contributed by atoms with Gasteiger partial charge in [-0.05, 0) is 67.7 Å². The molecule has 0 saturated heterocycles. The number of aliphatic hydroxyl groups excluding tert-OH is 2. The van der Waals surface area contributed by atoms with Crippen molar-refractivity contribution < 1.29 is 39.6 Å². The first-order valence-electron chi connectivity index (χ1n) is 13.9. The fraction of sp³-hybridized carbons (Fsp3) is 0.375. The number of phenolic OH excluding ortho intramolecular Hbond substituents is 1. The molecule has 0 saturated carbocycles. The molecule has 7 N–H and O–H groups in total. The van der Waals surface area contributed by atoms with Crippen molar-refractivity contribution in [1.29, 1.82) is 0 Å². The minimum absolute atomic E-state index is 0.00136. The molecule has 0 radical (unpaired) electrons. The number of Topliss-reactive ketones (excluding diaryl/α,β-unsaturated/α-hetero) is 2. The van der Waals surface area contributed by atoms with Crippen LogP contribution in [0.4, 0.5) is 5.69 Å². The van der Waals surface area contributed by atoms with Crippen molar-refractivity contribution in [2.24, 2.45) is 23.0 Å². The van der Waals surface area contributed by atoms with E-state index in [-0.39, 0.29) is 35.6 Å². The van der Waals surface area contributed by atoms with E-state index in [9.17, 15) is 39.6 Å². The Balaban J connectivity index is 1.61. The number of carbonyl (C=O) groups is 4. The minimum atomic E-state index is -2.69. The number of aliphatic hydroxyl groups is 3. The van der Waals surface area contributed by atoms with E-state index in [1.807, 2.05) is 0 Å². The quantitative estimate of drug-likeness (QED) is 0.291. The number of allylic oxidation sites excluding steroid dienone is 1. The van der Waals surface area contributed by atoms with Crippen LogP contribution >= 0.6 is 0 Å². The number of amides is 2. The van der Waals surface area contributed by atoms with Gasteiger partial charge in [0.2, 0.25) is 11.7 Å². The predicted molar refractivity (Wildman–Crippen MR) is 157 cm³/mol. The van der Waals surface area contributed by atoms with Crippen LogP contribution in [0.5, 0.6) is 5.75 Å². The predicted octanol–water partition coefficient (Wildman–Crippen LogP) is 2.77. The number of benzene rings is 2. The zero-order valence-electron chi connectivity index (χ0n) is 24.6. The van der Waals surface area contributed by atoms with Gasteiger partial charge in [-0.3, -0.25) is 24.1 Å². The summed E-state index contributed by atoms with van der Waals surface area (Å²) in [5.74, 6) is -7.09. The van der Waals surface area contributed by atoms with Crippen molar-refractivity contribution in [2.75, 3.05) is 19.4 Å². The SMILES string of the molecule is CN(C)[C@@H]1C(O)=C(C(N)=O)C(=O)[C@@]2(O)C(O)=C3C(=O)c4c(O)ccc(-c5ccc(NC(=O)C(C)(C)C)cc5)c4C[C@H]3C[C@@H]12. The summed E-state index contributed by atoms with van der Waals surface area (Å²) in [4.78, 5) is 53.4. The number of carbonyl (C=O) groups excluding carboxylic acids is 4. The van der Waals surface area contributed by atoms with Crippen LogP contribution in [-0.4, -0.2) is 74.4 Å². The van der Waals surface area contributed by atoms with Gasteiger partial charge in [0.1, 0.15) is 22.8 Å². The normalized spacial score (nSPS) is 25.3. The van der Waals surface area contributed by atoms with Crippen molar-refractivity contribution in [3.8, 4) is 16.9 Å². The van der Waals surface area contributed by atoms with Crippen LogP contribution in [0.2, 0.25) is 0 Å². The third kappa shape index (κ3) is 4.50. The summed E-state index contributed by atoms with van der Waals surface area (Å²) in [6.07, 6.45) is 0.166. The zero-order valence-corrected chi connectivity index (χ0v) is 24.6. The van der Waals surface area contributed by atoms with Gasteiger partial charge < -0.3 is 31.5 Å². The van der Waals surface area contributed by atoms with Gasteiger partial charge in [0.25, 0.3) is 5.91 Å². The number of aromatic hydroxyl groups is 1. The molecule has 3 aliphatic rings. The average Bonchev–Trinajstić information content (AvgIpc) is 2.90. The molecule has 11 nitrogen and oxygen atoms in total. The van der Waals surface area contributed by atoms with Crippen LogP contribution in [0.1, 0.15) is 43.1 Å². The van der Waals surface area contributed by atoms with Gasteiger partial charge in [0, 0.05) is 22.6 Å². The third-order valence-electron chi connectivity index (χ3n) is 8.74. The second-order valence-electron chi connectivity index (χ2n) is 12.7. The molecule has 5 rings (SSSR count). The number of nitrogens with zero attached hydrogens (tertiary/aromatic N) is 1. The number of hydrogen-bond acceptors (Lipinski definition) is 9. The molecular weight excluding hydrogens is 554 g/mol. The fourth-order valence-corrected chi connectivity index (χ4v) is 6.57. The van der Waals surface area contributed by atoms with Gasteiger partial charge in [-0.15, -0.1) is 0 Å². The van der Waals surface area contributed by atoms with Gasteiger partial charge in [-0.25, -0.2) is 0 Å². The Morgan fingerprint density at radius 1 is 1.02 bits per heavy atom. The number of fused-ring (bicyclic) bond motifs is 3. The maximum absolute atomic E-state index is 13.9. The summed E-state index contributed by atoms with van der Waals surface area (Å²) in [7, 11) is 3.16. The van der Waals surface area contributed by atoms with Crippen LogP contribution in [0.15, 0.2) is 59.1 Å². The van der Waals surface area contributed by atoms with E-state index in [4.69, 9.17) is 5.73 Å². The molecule has 4 atom stereocenters. The standard InChI is InChI=1S/C32H35N3O8/c1-31(2,3)30(42)34-16-8-6-14(7-9-16)17-10-11-20(36)22-18(17)12-15-13-19-24(35(4)5)26(38)23(29(33)41)28(40)32(19,43)27(39)21(15)25(22)37/h6-11,15,19,24,36,38-39,43H,12-13H2,1-5H3,(H2,33,41)(H,34,42)/t15-,19-,24-,32-/m0/s1. The van der Waals surface area contributed by atoms with Gasteiger partial charge in [0.05, 0.1) is 11.6 Å². The van der Waals surface area contributed by atoms with E-state index in [0.717, 1.165) is 0 Å². The average molecular weight is 590 g/mol. The lowest BCUT2D eigenvalue weighted by atomic mass is 9.58. The maximum atomic E-state index is 13.9. The molecule has 0 aliphatic heterocycles. The molecule has 2 aromatic carbocycles. The summed E-state index contributed by atoms with van der Waals surface area (Å²) >= 11 is 0. The van der Waals surface area contributed by atoms with Crippen LogP contribution < -0.4 is 11.1 Å². The van der Waals surface area contributed by atoms with Crippen LogP contribution in [-0.2, 0) is 20.8 Å². The highest BCUT2D eigenvalue weighted by atomic mass is 16.3. The Labute approximate surface area is 248 Å². The lowest BCUT2D eigenvalue weighted by Crippen LogP contribution is -2.63. The van der Waals surface area contributed by atoms with Crippen LogP contribution in [0.3, 0.4) is 0 Å². The highest BCUT2D eigenvalue weighted by Gasteiger charge is 2.63. The Morgan fingerprint density at radius 2 is 1.65 bits per heavy atom. The number of rotatable bonds is 4. The molecule has 2 amide bonds. The Morgan fingerprint density at radius 3 is 2.21 bits per heavy atom. The molecular formula is C32H35N3O8. The monoisotopic (exact) mass is 589 g/mol. The maximum Gasteiger partial charge on any atom is 0.255 e. The van der Waals surface area contributed by atoms with Crippen LogP contribution in [0, 0.1) is 17.3 Å². The molecule has 0 spiro atoms. The van der Waals surface area contributed by atoms with E-state index in [0.29, 0.717) is 22.4 Å². The Hall–Kier alpha value is -4.48. The largest absolute Gasteiger partial charge is 0.510 e. The lowest BCUT2D eigenvalue weighted by molar-refractivity contribution is -0.148. The first-order valence-corrected chi connectivity index (χ1v) is 13.9. The number of nitrogens with two attached hydrogens (primary N) is 1. The lowest BCUT2D eigenvalue weighted by Gasteiger charge is -2.50. The first kappa shape index (κ1) is 30.0. The molecule has 226 valence electrons. The molecule has 0 fully saturated rings. The number of phenols is 1. The zero-order chi connectivity index (χ0) is 31.8. The fourth-order valence-electron chi connectivity index (χ4n) is 6.57. The molecule has 0 unspecified atom stereocenters. The summed E-state index contributed by atoms with van der Waals surface area (Å²) in [6.45, 7) is 5.42. The number of ketones is 2. The van der Waals surface area contributed by atoms with E-state index in [1.165, 1.54) is 11.0 Å². The molecule has 0 heterocycles. The van der Waals surface area contributed by atoms with E-state index < -0.39 is 63.5 Å². The topological polar surface area (TPSA) is 190 Å². The highest BCUT2D eigenvalue weighted by molar-refractivity contribution is 6.25. The van der Waals surface area contributed by atoms with Crippen molar-refractivity contribution >= 4 is 29.1 Å². The number of anilines is 1. The van der Waals surface area contributed by atoms with E-state index >= 15 is 0 Å². The minimum Gasteiger partial charge on any atom is -0.510 e. The summed E-state index contributed by atoms with van der Waals surface area (Å²) in [5.41, 5.74) is 3.45. The van der Waals surface area contributed by atoms with Gasteiger partial charge in [-0.1, -0.05) is 39.0 Å². The van der Waals surface area contributed by atoms with Crippen molar-refractivity contribution in [3.63, 3.8) is 0 Å². The smallest absolute Gasteiger partial charge is 0.255 e. The molecule has 0 aromatic heterocycles. The van der Waals surface area contributed by atoms with Crippen molar-refractivity contribution in [1.82, 2.24) is 4.90 Å². The third-order valence-corrected chi connectivity index (χ3v) is 8.74. The second-order valence-corrected chi connectivity index (χ2v) is 12.7. The van der Waals surface area contributed by atoms with Crippen molar-refractivity contribution in [2.45, 2.75) is 45.3 Å². The Bertz CT molecular complexity index is 1650. The van der Waals surface area contributed by atoms with Gasteiger partial charge in [-0.2, -0.15) is 0 Å². The van der Waals surface area contributed by atoms with E-state index in [1.54, 1.807) is 65.2 Å². The molecule has 11 heteroatoms. The number of nitrogens with one attached hydrogen (secondary N) is 1.